The maximum absolute atomic E-state index is 12.9. The molecule has 1 heterocycles. The Bertz CT molecular complexity index is 709. The summed E-state index contributed by atoms with van der Waals surface area (Å²) in [5.41, 5.74) is 10.6. The van der Waals surface area contributed by atoms with Gasteiger partial charge in [0.2, 0.25) is 0 Å². The average Bonchev–Trinajstić information content (AvgIpc) is 2.54. The van der Waals surface area contributed by atoms with E-state index < -0.39 is 0 Å². The first-order valence-corrected chi connectivity index (χ1v) is 7.54. The lowest BCUT2D eigenvalue weighted by Crippen LogP contribution is -2.35. The molecular formula is C18H21N3O. The summed E-state index contributed by atoms with van der Waals surface area (Å²) >= 11 is 0. The SMILES string of the molecule is CN(C)c1cccc(C(=O)N2CCCc3c(N)cccc32)c1. The number of rotatable bonds is 2. The Labute approximate surface area is 131 Å². The van der Waals surface area contributed by atoms with E-state index in [9.17, 15) is 4.79 Å². The number of fused-ring (bicyclic) bond motifs is 1. The van der Waals surface area contributed by atoms with E-state index in [0.717, 1.165) is 42.0 Å². The average molecular weight is 295 g/mol. The van der Waals surface area contributed by atoms with Crippen LogP contribution in [-0.4, -0.2) is 26.5 Å². The summed E-state index contributed by atoms with van der Waals surface area (Å²) in [6, 6.07) is 13.5. The van der Waals surface area contributed by atoms with Gasteiger partial charge in [-0.15, -0.1) is 0 Å². The number of anilines is 3. The van der Waals surface area contributed by atoms with Gasteiger partial charge in [-0.05, 0) is 48.7 Å². The fourth-order valence-electron chi connectivity index (χ4n) is 2.94. The van der Waals surface area contributed by atoms with Gasteiger partial charge in [0.25, 0.3) is 5.91 Å². The molecule has 0 aliphatic carbocycles. The number of amides is 1. The minimum atomic E-state index is 0.0373. The summed E-state index contributed by atoms with van der Waals surface area (Å²) in [6.45, 7) is 0.738. The van der Waals surface area contributed by atoms with Gasteiger partial charge in [-0.2, -0.15) is 0 Å². The molecule has 0 aromatic heterocycles. The third kappa shape index (κ3) is 2.52. The van der Waals surface area contributed by atoms with Crippen LogP contribution in [0.2, 0.25) is 0 Å². The zero-order valence-electron chi connectivity index (χ0n) is 13.0. The standard InChI is InChI=1S/C18H21N3O/c1-20(2)14-7-3-6-13(12-14)18(22)21-11-5-8-15-16(19)9-4-10-17(15)21/h3-4,6-7,9-10,12H,5,8,11,19H2,1-2H3. The van der Waals surface area contributed by atoms with Crippen molar-refractivity contribution < 1.29 is 4.79 Å². The van der Waals surface area contributed by atoms with E-state index in [0.29, 0.717) is 5.56 Å². The molecule has 0 spiro atoms. The van der Waals surface area contributed by atoms with Crippen LogP contribution < -0.4 is 15.5 Å². The molecule has 4 nitrogen and oxygen atoms in total. The van der Waals surface area contributed by atoms with E-state index in [2.05, 4.69) is 0 Å². The molecule has 0 fully saturated rings. The lowest BCUT2D eigenvalue weighted by Gasteiger charge is -2.30. The zero-order chi connectivity index (χ0) is 15.7. The lowest BCUT2D eigenvalue weighted by molar-refractivity contribution is 0.0985. The fourth-order valence-corrected chi connectivity index (χ4v) is 2.94. The van der Waals surface area contributed by atoms with Gasteiger partial charge in [0.15, 0.2) is 0 Å². The summed E-state index contributed by atoms with van der Waals surface area (Å²) in [4.78, 5) is 16.8. The smallest absolute Gasteiger partial charge is 0.258 e. The van der Waals surface area contributed by atoms with Gasteiger partial charge in [-0.25, -0.2) is 0 Å². The monoisotopic (exact) mass is 295 g/mol. The Morgan fingerprint density at radius 2 is 1.95 bits per heavy atom. The highest BCUT2D eigenvalue weighted by molar-refractivity contribution is 6.07. The number of carbonyl (C=O) groups is 1. The summed E-state index contributed by atoms with van der Waals surface area (Å²) in [5.74, 6) is 0.0373. The van der Waals surface area contributed by atoms with Crippen molar-refractivity contribution in [3.8, 4) is 0 Å². The predicted octanol–water partition coefficient (Wildman–Crippen LogP) is 2.93. The number of nitrogens with zero attached hydrogens (tertiary/aromatic N) is 2. The van der Waals surface area contributed by atoms with Crippen LogP contribution in [0.1, 0.15) is 22.3 Å². The third-order valence-electron chi connectivity index (χ3n) is 4.14. The van der Waals surface area contributed by atoms with Gasteiger partial charge < -0.3 is 15.5 Å². The molecule has 2 aromatic rings. The first kappa shape index (κ1) is 14.4. The van der Waals surface area contributed by atoms with Gasteiger partial charge in [0.05, 0.1) is 0 Å². The molecule has 1 aliphatic heterocycles. The van der Waals surface area contributed by atoms with Crippen LogP contribution in [-0.2, 0) is 6.42 Å². The van der Waals surface area contributed by atoms with Crippen molar-refractivity contribution >= 4 is 23.0 Å². The summed E-state index contributed by atoms with van der Waals surface area (Å²) in [5, 5.41) is 0. The molecule has 22 heavy (non-hydrogen) atoms. The maximum Gasteiger partial charge on any atom is 0.258 e. The van der Waals surface area contributed by atoms with E-state index in [4.69, 9.17) is 5.73 Å². The van der Waals surface area contributed by atoms with E-state index in [-0.39, 0.29) is 5.91 Å². The molecule has 0 radical (unpaired) electrons. The molecule has 2 N–H and O–H groups in total. The Morgan fingerprint density at radius 3 is 2.73 bits per heavy atom. The number of hydrogen-bond acceptors (Lipinski definition) is 3. The topological polar surface area (TPSA) is 49.6 Å². The second-order valence-corrected chi connectivity index (χ2v) is 5.85. The predicted molar refractivity (Wildman–Crippen MR) is 91.6 cm³/mol. The van der Waals surface area contributed by atoms with E-state index in [1.807, 2.05) is 66.4 Å². The maximum atomic E-state index is 12.9. The van der Waals surface area contributed by atoms with Crippen LogP contribution in [0.25, 0.3) is 0 Å². The number of carbonyl (C=O) groups excluding carboxylic acids is 1. The number of nitrogens with two attached hydrogens (primary N) is 1. The molecule has 0 bridgehead atoms. The van der Waals surface area contributed by atoms with Gasteiger partial charge in [0, 0.05) is 43.3 Å². The van der Waals surface area contributed by atoms with Crippen molar-refractivity contribution in [1.29, 1.82) is 0 Å². The van der Waals surface area contributed by atoms with Crippen LogP contribution in [0, 0.1) is 0 Å². The molecule has 0 saturated heterocycles. The molecule has 2 aromatic carbocycles. The van der Waals surface area contributed by atoms with Crippen molar-refractivity contribution in [1.82, 2.24) is 0 Å². The Kier molecular flexibility index (Phi) is 3.75. The second-order valence-electron chi connectivity index (χ2n) is 5.85. The molecule has 4 heteroatoms. The molecular weight excluding hydrogens is 274 g/mol. The van der Waals surface area contributed by atoms with Crippen molar-refractivity contribution in [2.75, 3.05) is 36.2 Å². The minimum Gasteiger partial charge on any atom is -0.398 e. The van der Waals surface area contributed by atoms with Gasteiger partial charge in [-0.3, -0.25) is 4.79 Å². The lowest BCUT2D eigenvalue weighted by atomic mass is 9.99. The normalized spacial score (nSPS) is 13.6. The Morgan fingerprint density at radius 1 is 1.18 bits per heavy atom. The highest BCUT2D eigenvalue weighted by atomic mass is 16.2. The van der Waals surface area contributed by atoms with Crippen LogP contribution in [0.3, 0.4) is 0 Å². The summed E-state index contributed by atoms with van der Waals surface area (Å²) in [7, 11) is 3.95. The highest BCUT2D eigenvalue weighted by Gasteiger charge is 2.24. The van der Waals surface area contributed by atoms with Crippen LogP contribution in [0.15, 0.2) is 42.5 Å². The second kappa shape index (κ2) is 5.72. The summed E-state index contributed by atoms with van der Waals surface area (Å²) in [6.07, 6.45) is 1.88. The minimum absolute atomic E-state index is 0.0373. The van der Waals surface area contributed by atoms with Gasteiger partial charge in [-0.1, -0.05) is 12.1 Å². The van der Waals surface area contributed by atoms with Crippen molar-refractivity contribution in [2.24, 2.45) is 0 Å². The quantitative estimate of drug-likeness (QED) is 0.867. The van der Waals surface area contributed by atoms with Crippen molar-refractivity contribution in [3.63, 3.8) is 0 Å². The highest BCUT2D eigenvalue weighted by Crippen LogP contribution is 2.32. The fraction of sp³-hybridized carbons (Fsp3) is 0.278. The Hall–Kier alpha value is -2.49. The van der Waals surface area contributed by atoms with Gasteiger partial charge >= 0.3 is 0 Å². The van der Waals surface area contributed by atoms with Crippen molar-refractivity contribution in [2.45, 2.75) is 12.8 Å². The van der Waals surface area contributed by atoms with E-state index in [1.165, 1.54) is 0 Å². The third-order valence-corrected chi connectivity index (χ3v) is 4.14. The van der Waals surface area contributed by atoms with E-state index in [1.54, 1.807) is 0 Å². The number of nitrogen functional groups attached to an aromatic ring is 1. The molecule has 0 unspecified atom stereocenters. The van der Waals surface area contributed by atoms with Gasteiger partial charge in [0.1, 0.15) is 0 Å². The summed E-state index contributed by atoms with van der Waals surface area (Å²) < 4.78 is 0. The number of benzene rings is 2. The van der Waals surface area contributed by atoms with Crippen LogP contribution in [0.5, 0.6) is 0 Å². The molecule has 0 saturated carbocycles. The van der Waals surface area contributed by atoms with Crippen LogP contribution >= 0.6 is 0 Å². The zero-order valence-corrected chi connectivity index (χ0v) is 13.0. The molecule has 3 rings (SSSR count). The Balaban J connectivity index is 1.98. The molecule has 0 atom stereocenters. The van der Waals surface area contributed by atoms with Crippen LogP contribution in [0.4, 0.5) is 17.1 Å². The first-order chi connectivity index (χ1) is 10.6. The molecule has 1 amide bonds. The van der Waals surface area contributed by atoms with E-state index >= 15 is 0 Å². The number of hydrogen-bond donors (Lipinski definition) is 1. The molecule has 114 valence electrons. The first-order valence-electron chi connectivity index (χ1n) is 7.54. The van der Waals surface area contributed by atoms with Crippen molar-refractivity contribution in [3.05, 3.63) is 53.6 Å². The molecule has 1 aliphatic rings. The largest absolute Gasteiger partial charge is 0.398 e.